The van der Waals surface area contributed by atoms with Gasteiger partial charge in [0.1, 0.15) is 6.07 Å². The molecule has 1 rings (SSSR count). The lowest BCUT2D eigenvalue weighted by Gasteiger charge is -2.05. The minimum atomic E-state index is -0.195. The Kier molecular flexibility index (Phi) is 4.42. The Morgan fingerprint density at radius 3 is 2.73 bits per heavy atom. The maximum Gasteiger partial charge on any atom is 0.175 e. The number of carbonyl (C=O) groups excluding carboxylic acids is 2. The van der Waals surface area contributed by atoms with E-state index in [2.05, 4.69) is 15.9 Å². The van der Waals surface area contributed by atoms with Gasteiger partial charge in [0, 0.05) is 9.13 Å². The summed E-state index contributed by atoms with van der Waals surface area (Å²) in [5.41, 5.74) is 0.725. The van der Waals surface area contributed by atoms with Crippen LogP contribution in [0, 0.1) is 14.9 Å². The van der Waals surface area contributed by atoms with Crippen LogP contribution in [-0.2, 0) is 0 Å². The number of carbonyl (C=O) groups is 2. The average Bonchev–Trinajstić information content (AvgIpc) is 2.27. The number of aldehydes is 1. The molecular formula is C10H5BrINO2. The third kappa shape index (κ3) is 2.44. The van der Waals surface area contributed by atoms with Crippen molar-refractivity contribution in [1.82, 2.24) is 0 Å². The van der Waals surface area contributed by atoms with Gasteiger partial charge in [0.2, 0.25) is 0 Å². The molecule has 0 heterocycles. The fraction of sp³-hybridized carbons (Fsp3) is 0.100. The maximum absolute atomic E-state index is 11.6. The van der Waals surface area contributed by atoms with E-state index in [0.717, 1.165) is 0 Å². The first-order valence-electron chi connectivity index (χ1n) is 3.92. The molecule has 3 nitrogen and oxygen atoms in total. The molecule has 0 saturated heterocycles. The van der Waals surface area contributed by atoms with Gasteiger partial charge in [0.15, 0.2) is 12.1 Å². The fourth-order valence-electron chi connectivity index (χ4n) is 1.15. The van der Waals surface area contributed by atoms with E-state index in [4.69, 9.17) is 5.26 Å². The highest BCUT2D eigenvalue weighted by Crippen LogP contribution is 2.20. The van der Waals surface area contributed by atoms with Crippen LogP contribution in [0.25, 0.3) is 0 Å². The number of nitrogens with zero attached hydrogens (tertiary/aromatic N) is 1. The first-order valence-corrected chi connectivity index (χ1v) is 6.12. The summed E-state index contributed by atoms with van der Waals surface area (Å²) in [6.07, 6.45) is 0.583. The minimum Gasteiger partial charge on any atom is -0.298 e. The molecule has 0 aromatic heterocycles. The van der Waals surface area contributed by atoms with E-state index in [0.29, 0.717) is 15.4 Å². The van der Waals surface area contributed by atoms with E-state index in [1.54, 1.807) is 12.1 Å². The Balaban J connectivity index is 3.54. The van der Waals surface area contributed by atoms with Gasteiger partial charge in [0.05, 0.1) is 16.5 Å². The second kappa shape index (κ2) is 5.37. The summed E-state index contributed by atoms with van der Waals surface area (Å²) in [5.74, 6) is -0.195. The quantitative estimate of drug-likeness (QED) is 0.352. The summed E-state index contributed by atoms with van der Waals surface area (Å²) >= 11 is 5.02. The molecule has 1 aromatic rings. The van der Waals surface area contributed by atoms with Gasteiger partial charge in [-0.2, -0.15) is 5.26 Å². The highest BCUT2D eigenvalue weighted by molar-refractivity contribution is 14.1. The summed E-state index contributed by atoms with van der Waals surface area (Å²) < 4.78 is 0.680. The third-order valence-corrected chi connectivity index (χ3v) is 3.23. The van der Waals surface area contributed by atoms with E-state index >= 15 is 0 Å². The zero-order valence-corrected chi connectivity index (χ0v) is 11.2. The molecular weight excluding hydrogens is 373 g/mol. The molecule has 0 spiro atoms. The standard InChI is InChI=1S/C10H5BrINO2/c11-3-9(15)10-7(4-13)6(5-14)1-2-8(10)12/h1-2,5H,3H2. The topological polar surface area (TPSA) is 57.9 Å². The third-order valence-electron chi connectivity index (χ3n) is 1.83. The zero-order valence-electron chi connectivity index (χ0n) is 7.46. The van der Waals surface area contributed by atoms with Crippen molar-refractivity contribution in [2.75, 3.05) is 5.33 Å². The smallest absolute Gasteiger partial charge is 0.175 e. The molecule has 0 atom stereocenters. The molecule has 0 unspecified atom stereocenters. The average molecular weight is 378 g/mol. The van der Waals surface area contributed by atoms with Gasteiger partial charge in [0.25, 0.3) is 0 Å². The van der Waals surface area contributed by atoms with Gasteiger partial charge in [-0.05, 0) is 34.7 Å². The van der Waals surface area contributed by atoms with Gasteiger partial charge in [-0.15, -0.1) is 0 Å². The number of alkyl halides is 1. The van der Waals surface area contributed by atoms with Crippen LogP contribution in [0.4, 0.5) is 0 Å². The normalized spacial score (nSPS) is 9.40. The summed E-state index contributed by atoms with van der Waals surface area (Å²) in [7, 11) is 0. The first-order chi connectivity index (χ1) is 7.15. The molecule has 15 heavy (non-hydrogen) atoms. The molecule has 0 saturated carbocycles. The predicted molar refractivity (Wildman–Crippen MR) is 67.4 cm³/mol. The van der Waals surface area contributed by atoms with Crippen molar-refractivity contribution in [3.05, 3.63) is 32.4 Å². The van der Waals surface area contributed by atoms with Gasteiger partial charge >= 0.3 is 0 Å². The second-order valence-corrected chi connectivity index (χ2v) is 4.40. The van der Waals surface area contributed by atoms with Crippen LogP contribution in [0.5, 0.6) is 0 Å². The van der Waals surface area contributed by atoms with E-state index in [9.17, 15) is 9.59 Å². The van der Waals surface area contributed by atoms with Crippen LogP contribution in [0.2, 0.25) is 0 Å². The van der Waals surface area contributed by atoms with Crippen LogP contribution < -0.4 is 0 Å². The summed E-state index contributed by atoms with van der Waals surface area (Å²) in [6, 6.07) is 5.09. The molecule has 5 heteroatoms. The number of hydrogen-bond acceptors (Lipinski definition) is 3. The van der Waals surface area contributed by atoms with Crippen molar-refractivity contribution in [2.45, 2.75) is 0 Å². The highest BCUT2D eigenvalue weighted by Gasteiger charge is 2.17. The van der Waals surface area contributed by atoms with Crippen molar-refractivity contribution >= 4 is 50.6 Å². The molecule has 0 bridgehead atoms. The first kappa shape index (κ1) is 12.3. The van der Waals surface area contributed by atoms with Crippen molar-refractivity contribution in [3.63, 3.8) is 0 Å². The van der Waals surface area contributed by atoms with Crippen molar-refractivity contribution in [2.24, 2.45) is 0 Å². The van der Waals surface area contributed by atoms with Crippen LogP contribution in [0.3, 0.4) is 0 Å². The number of benzene rings is 1. The minimum absolute atomic E-state index is 0.139. The number of rotatable bonds is 3. The molecule has 0 N–H and O–H groups in total. The van der Waals surface area contributed by atoms with Gasteiger partial charge in [-0.1, -0.05) is 15.9 Å². The van der Waals surface area contributed by atoms with Crippen molar-refractivity contribution in [1.29, 1.82) is 5.26 Å². The molecule has 76 valence electrons. The van der Waals surface area contributed by atoms with Gasteiger partial charge in [-0.25, -0.2) is 0 Å². The number of nitriles is 1. The van der Waals surface area contributed by atoms with E-state index in [1.807, 2.05) is 28.7 Å². The summed E-state index contributed by atoms with van der Waals surface area (Å²) in [6.45, 7) is 0. The lowest BCUT2D eigenvalue weighted by atomic mass is 10.0. The number of Topliss-reactive ketones (excluding diaryl/α,β-unsaturated/α-hetero) is 1. The van der Waals surface area contributed by atoms with Gasteiger partial charge < -0.3 is 0 Å². The van der Waals surface area contributed by atoms with Crippen molar-refractivity contribution in [3.8, 4) is 6.07 Å². The molecule has 0 radical (unpaired) electrons. The Bertz CT molecular complexity index is 465. The lowest BCUT2D eigenvalue weighted by Crippen LogP contribution is -2.08. The molecule has 0 fully saturated rings. The second-order valence-electron chi connectivity index (χ2n) is 2.67. The van der Waals surface area contributed by atoms with Crippen LogP contribution in [0.15, 0.2) is 12.1 Å². The lowest BCUT2D eigenvalue weighted by molar-refractivity contribution is 0.102. The summed E-state index contributed by atoms with van der Waals surface area (Å²) in [4.78, 5) is 22.2. The number of halogens is 2. The monoisotopic (exact) mass is 377 g/mol. The largest absolute Gasteiger partial charge is 0.298 e. The summed E-state index contributed by atoms with van der Waals surface area (Å²) in [5, 5.41) is 9.06. The molecule has 1 aromatic carbocycles. The molecule has 0 aliphatic rings. The Morgan fingerprint density at radius 2 is 2.27 bits per heavy atom. The Hall–Kier alpha value is -0.740. The van der Waals surface area contributed by atoms with Crippen LogP contribution in [-0.4, -0.2) is 17.4 Å². The Morgan fingerprint density at radius 1 is 1.60 bits per heavy atom. The zero-order chi connectivity index (χ0) is 11.4. The Labute approximate surface area is 109 Å². The van der Waals surface area contributed by atoms with Crippen LogP contribution >= 0.6 is 38.5 Å². The van der Waals surface area contributed by atoms with Gasteiger partial charge in [-0.3, -0.25) is 9.59 Å². The SMILES string of the molecule is N#Cc1c(C=O)ccc(I)c1C(=O)CBr. The highest BCUT2D eigenvalue weighted by atomic mass is 127. The van der Waals surface area contributed by atoms with E-state index in [1.165, 1.54) is 0 Å². The van der Waals surface area contributed by atoms with E-state index in [-0.39, 0.29) is 22.2 Å². The molecule has 0 aliphatic heterocycles. The fourth-order valence-corrected chi connectivity index (χ4v) is 2.18. The van der Waals surface area contributed by atoms with Crippen molar-refractivity contribution < 1.29 is 9.59 Å². The predicted octanol–water partition coefficient (Wildman–Crippen LogP) is 2.55. The van der Waals surface area contributed by atoms with Crippen LogP contribution in [0.1, 0.15) is 26.3 Å². The number of ketones is 1. The molecule has 0 aliphatic carbocycles. The number of hydrogen-bond donors (Lipinski definition) is 0. The maximum atomic E-state index is 11.6. The van der Waals surface area contributed by atoms with E-state index < -0.39 is 0 Å². The molecule has 0 amide bonds.